The molecule has 2 aromatic heterocycles. The van der Waals surface area contributed by atoms with Gasteiger partial charge in [-0.15, -0.1) is 23.1 Å². The van der Waals surface area contributed by atoms with Crippen LogP contribution in [0, 0.1) is 6.92 Å². The van der Waals surface area contributed by atoms with Crippen molar-refractivity contribution in [1.82, 2.24) is 15.3 Å². The number of carbonyl (C=O) groups is 2. The van der Waals surface area contributed by atoms with Gasteiger partial charge in [0.25, 0.3) is 0 Å². The fourth-order valence-electron chi connectivity index (χ4n) is 1.87. The Morgan fingerprint density at radius 2 is 2.18 bits per heavy atom. The zero-order chi connectivity index (χ0) is 15.9. The summed E-state index contributed by atoms with van der Waals surface area (Å²) in [6.07, 6.45) is 2.64. The van der Waals surface area contributed by atoms with Crippen molar-refractivity contribution in [3.63, 3.8) is 0 Å². The summed E-state index contributed by atoms with van der Waals surface area (Å²) in [7, 11) is 0. The number of hydrogen-bond acceptors (Lipinski definition) is 6. The Labute approximate surface area is 136 Å². The first kappa shape index (κ1) is 16.7. The molecule has 0 aliphatic heterocycles. The number of aryl methyl sites for hydroxylation is 1. The van der Waals surface area contributed by atoms with Gasteiger partial charge in [-0.3, -0.25) is 9.59 Å². The molecule has 2 aromatic rings. The van der Waals surface area contributed by atoms with Crippen molar-refractivity contribution in [2.24, 2.45) is 0 Å². The van der Waals surface area contributed by atoms with Crippen LogP contribution in [-0.4, -0.2) is 39.2 Å². The zero-order valence-electron chi connectivity index (χ0n) is 12.2. The number of carboxylic acids is 1. The first-order valence-electron chi connectivity index (χ1n) is 6.88. The normalized spacial score (nSPS) is 10.8. The van der Waals surface area contributed by atoms with Crippen molar-refractivity contribution in [2.45, 2.75) is 31.2 Å². The molecular formula is C14H17N3O3S2. The Bertz CT molecular complexity index is 672. The van der Waals surface area contributed by atoms with Gasteiger partial charge < -0.3 is 10.4 Å². The second-order valence-corrected chi connectivity index (χ2v) is 7.02. The van der Waals surface area contributed by atoms with Crippen LogP contribution < -0.4 is 5.32 Å². The summed E-state index contributed by atoms with van der Waals surface area (Å²) in [5, 5.41) is 13.1. The molecule has 0 atom stereocenters. The summed E-state index contributed by atoms with van der Waals surface area (Å²) >= 11 is 3.26. The standard InChI is InChI=1S/C14H17N3O3S2/c1-9-7-10-13(16-8-17-14(10)22-9)21-6-2-3-11(18)15-5-4-12(19)20/h7-8H,2-6H2,1H3,(H,15,18)(H,19,20). The Morgan fingerprint density at radius 3 is 2.95 bits per heavy atom. The van der Waals surface area contributed by atoms with E-state index in [0.29, 0.717) is 6.42 Å². The molecule has 8 heteroatoms. The lowest BCUT2D eigenvalue weighted by Crippen LogP contribution is -2.25. The van der Waals surface area contributed by atoms with E-state index in [0.717, 1.165) is 27.4 Å². The third-order valence-electron chi connectivity index (χ3n) is 2.86. The summed E-state index contributed by atoms with van der Waals surface area (Å²) in [6.45, 7) is 2.23. The van der Waals surface area contributed by atoms with E-state index in [1.807, 2.05) is 6.92 Å². The van der Waals surface area contributed by atoms with Crippen molar-refractivity contribution >= 4 is 45.2 Å². The molecule has 118 valence electrons. The zero-order valence-corrected chi connectivity index (χ0v) is 13.8. The lowest BCUT2D eigenvalue weighted by Gasteiger charge is -2.04. The highest BCUT2D eigenvalue weighted by Crippen LogP contribution is 2.30. The Kier molecular flexibility index (Phi) is 6.14. The van der Waals surface area contributed by atoms with Gasteiger partial charge in [0.1, 0.15) is 16.2 Å². The second kappa shape index (κ2) is 8.09. The van der Waals surface area contributed by atoms with Crippen molar-refractivity contribution in [3.05, 3.63) is 17.3 Å². The van der Waals surface area contributed by atoms with Crippen LogP contribution in [0.5, 0.6) is 0 Å². The molecule has 0 bridgehead atoms. The fraction of sp³-hybridized carbons (Fsp3) is 0.429. The van der Waals surface area contributed by atoms with E-state index in [1.54, 1.807) is 29.4 Å². The van der Waals surface area contributed by atoms with Crippen LogP contribution in [0.1, 0.15) is 24.1 Å². The fourth-order valence-corrected chi connectivity index (χ4v) is 3.69. The van der Waals surface area contributed by atoms with Crippen LogP contribution in [0.25, 0.3) is 10.2 Å². The lowest BCUT2D eigenvalue weighted by molar-refractivity contribution is -0.136. The van der Waals surface area contributed by atoms with Crippen LogP contribution in [0.15, 0.2) is 17.4 Å². The van der Waals surface area contributed by atoms with Gasteiger partial charge >= 0.3 is 5.97 Å². The molecule has 22 heavy (non-hydrogen) atoms. The van der Waals surface area contributed by atoms with E-state index in [1.165, 1.54) is 4.88 Å². The number of hydrogen-bond donors (Lipinski definition) is 2. The molecule has 0 unspecified atom stereocenters. The Balaban J connectivity index is 1.74. The van der Waals surface area contributed by atoms with E-state index < -0.39 is 5.97 Å². The summed E-state index contributed by atoms with van der Waals surface area (Å²) < 4.78 is 0. The summed E-state index contributed by atoms with van der Waals surface area (Å²) in [5.74, 6) is -0.233. The number of nitrogens with one attached hydrogen (secondary N) is 1. The smallest absolute Gasteiger partial charge is 0.305 e. The highest BCUT2D eigenvalue weighted by atomic mass is 32.2. The van der Waals surface area contributed by atoms with E-state index in [2.05, 4.69) is 21.4 Å². The number of aromatic nitrogens is 2. The predicted octanol–water partition coefficient (Wildman–Crippen LogP) is 2.46. The third-order valence-corrected chi connectivity index (χ3v) is 4.91. The number of rotatable bonds is 8. The van der Waals surface area contributed by atoms with Gasteiger partial charge in [0.2, 0.25) is 5.91 Å². The summed E-state index contributed by atoms with van der Waals surface area (Å²) in [6, 6.07) is 2.08. The number of nitrogens with zero attached hydrogens (tertiary/aromatic N) is 2. The molecule has 2 rings (SSSR count). The number of thiophene rings is 1. The number of fused-ring (bicyclic) bond motifs is 1. The van der Waals surface area contributed by atoms with Crippen molar-refractivity contribution < 1.29 is 14.7 Å². The van der Waals surface area contributed by atoms with Crippen LogP contribution in [0.2, 0.25) is 0 Å². The highest BCUT2D eigenvalue weighted by molar-refractivity contribution is 7.99. The maximum Gasteiger partial charge on any atom is 0.305 e. The molecule has 0 saturated heterocycles. The van der Waals surface area contributed by atoms with Crippen molar-refractivity contribution in [2.75, 3.05) is 12.3 Å². The predicted molar refractivity (Wildman–Crippen MR) is 87.4 cm³/mol. The molecule has 1 amide bonds. The minimum absolute atomic E-state index is 0.0447. The molecule has 6 nitrogen and oxygen atoms in total. The van der Waals surface area contributed by atoms with Gasteiger partial charge in [-0.2, -0.15) is 0 Å². The van der Waals surface area contributed by atoms with Gasteiger partial charge in [0.15, 0.2) is 0 Å². The average Bonchev–Trinajstić information content (AvgIpc) is 2.84. The molecule has 0 aromatic carbocycles. The quantitative estimate of drug-likeness (QED) is 0.436. The molecule has 0 spiro atoms. The van der Waals surface area contributed by atoms with E-state index in [-0.39, 0.29) is 18.9 Å². The first-order valence-corrected chi connectivity index (χ1v) is 8.69. The molecule has 0 aliphatic rings. The number of thioether (sulfide) groups is 1. The Hall–Kier alpha value is -1.67. The van der Waals surface area contributed by atoms with Gasteiger partial charge in [-0.1, -0.05) is 0 Å². The molecular weight excluding hydrogens is 322 g/mol. The first-order chi connectivity index (χ1) is 10.6. The summed E-state index contributed by atoms with van der Waals surface area (Å²) in [4.78, 5) is 32.6. The number of carbonyl (C=O) groups excluding carboxylic acids is 1. The van der Waals surface area contributed by atoms with Crippen LogP contribution in [0.4, 0.5) is 0 Å². The molecule has 0 radical (unpaired) electrons. The van der Waals surface area contributed by atoms with E-state index in [4.69, 9.17) is 5.11 Å². The number of amides is 1. The monoisotopic (exact) mass is 339 g/mol. The molecule has 2 heterocycles. The number of carboxylic acid groups (broad SMARTS) is 1. The minimum Gasteiger partial charge on any atom is -0.481 e. The summed E-state index contributed by atoms with van der Waals surface area (Å²) in [5.41, 5.74) is 0. The Morgan fingerprint density at radius 1 is 1.36 bits per heavy atom. The maximum atomic E-state index is 11.5. The molecule has 2 N–H and O–H groups in total. The van der Waals surface area contributed by atoms with Crippen LogP contribution in [0.3, 0.4) is 0 Å². The largest absolute Gasteiger partial charge is 0.481 e. The van der Waals surface area contributed by atoms with Gasteiger partial charge in [-0.05, 0) is 19.4 Å². The molecule has 0 saturated carbocycles. The third kappa shape index (κ3) is 4.96. The van der Waals surface area contributed by atoms with Crippen LogP contribution >= 0.6 is 23.1 Å². The van der Waals surface area contributed by atoms with E-state index in [9.17, 15) is 9.59 Å². The van der Waals surface area contributed by atoms with Gasteiger partial charge in [0, 0.05) is 29.0 Å². The second-order valence-electron chi connectivity index (χ2n) is 4.70. The topological polar surface area (TPSA) is 92.2 Å². The number of aliphatic carboxylic acids is 1. The van der Waals surface area contributed by atoms with Crippen molar-refractivity contribution in [1.29, 1.82) is 0 Å². The highest BCUT2D eigenvalue weighted by Gasteiger charge is 2.08. The SMILES string of the molecule is Cc1cc2c(SCCCC(=O)NCCC(=O)O)ncnc2s1. The van der Waals surface area contributed by atoms with Gasteiger partial charge in [0.05, 0.1) is 6.42 Å². The van der Waals surface area contributed by atoms with E-state index >= 15 is 0 Å². The van der Waals surface area contributed by atoms with Crippen LogP contribution in [-0.2, 0) is 9.59 Å². The average molecular weight is 339 g/mol. The van der Waals surface area contributed by atoms with Gasteiger partial charge in [-0.25, -0.2) is 9.97 Å². The van der Waals surface area contributed by atoms with Crippen molar-refractivity contribution in [3.8, 4) is 0 Å². The lowest BCUT2D eigenvalue weighted by atomic mass is 10.3. The molecule has 0 fully saturated rings. The molecule has 0 aliphatic carbocycles. The maximum absolute atomic E-state index is 11.5. The minimum atomic E-state index is -0.908.